The number of carbonyl (C=O) groups excluding carboxylic acids is 2. The predicted molar refractivity (Wildman–Crippen MR) is 113 cm³/mol. The van der Waals surface area contributed by atoms with E-state index in [2.05, 4.69) is 10.1 Å². The van der Waals surface area contributed by atoms with Crippen molar-refractivity contribution >= 4 is 11.8 Å². The van der Waals surface area contributed by atoms with Gasteiger partial charge in [-0.25, -0.2) is 0 Å². The molecule has 0 bridgehead atoms. The van der Waals surface area contributed by atoms with Gasteiger partial charge in [0.25, 0.3) is 11.8 Å². The second-order valence-corrected chi connectivity index (χ2v) is 7.73. The van der Waals surface area contributed by atoms with Crippen LogP contribution < -0.4 is 4.74 Å². The standard InChI is InChI=1S/C22H30N4O5/c1-15-12-18(30-4)7-8-19(15)22(28)25-10-5-6-17(13-25)26(16(2)27)11-9-20-23-21(14-29-3)31-24-20/h7-8,12,17H,5-6,9-11,13-14H2,1-4H3. The lowest BCUT2D eigenvalue weighted by molar-refractivity contribution is -0.132. The number of aromatic nitrogens is 2. The number of hydrogen-bond acceptors (Lipinski definition) is 7. The van der Waals surface area contributed by atoms with E-state index >= 15 is 0 Å². The van der Waals surface area contributed by atoms with E-state index in [1.165, 1.54) is 0 Å². The molecule has 0 aliphatic carbocycles. The molecule has 0 spiro atoms. The Hall–Kier alpha value is -2.94. The van der Waals surface area contributed by atoms with Crippen LogP contribution in [0.5, 0.6) is 5.75 Å². The van der Waals surface area contributed by atoms with E-state index in [1.54, 1.807) is 33.3 Å². The van der Waals surface area contributed by atoms with Crippen LogP contribution in [0.2, 0.25) is 0 Å². The van der Waals surface area contributed by atoms with Gasteiger partial charge in [0.05, 0.1) is 7.11 Å². The molecule has 1 aliphatic rings. The average Bonchev–Trinajstić information content (AvgIpc) is 3.21. The first kappa shape index (κ1) is 22.7. The fourth-order valence-corrected chi connectivity index (χ4v) is 3.96. The molecule has 0 N–H and O–H groups in total. The average molecular weight is 431 g/mol. The minimum absolute atomic E-state index is 0.0178. The van der Waals surface area contributed by atoms with E-state index in [-0.39, 0.29) is 24.5 Å². The Morgan fingerprint density at radius 1 is 1.32 bits per heavy atom. The summed E-state index contributed by atoms with van der Waals surface area (Å²) in [4.78, 5) is 33.4. The van der Waals surface area contributed by atoms with Gasteiger partial charge in [-0.05, 0) is 43.5 Å². The minimum Gasteiger partial charge on any atom is -0.497 e. The number of rotatable bonds is 8. The van der Waals surface area contributed by atoms with Gasteiger partial charge in [-0.1, -0.05) is 5.16 Å². The van der Waals surface area contributed by atoms with Crippen molar-refractivity contribution in [1.29, 1.82) is 0 Å². The van der Waals surface area contributed by atoms with Crippen molar-refractivity contribution in [3.63, 3.8) is 0 Å². The fourth-order valence-electron chi connectivity index (χ4n) is 3.96. The fraction of sp³-hybridized carbons (Fsp3) is 0.545. The maximum Gasteiger partial charge on any atom is 0.254 e. The third-order valence-electron chi connectivity index (χ3n) is 5.55. The molecular weight excluding hydrogens is 400 g/mol. The summed E-state index contributed by atoms with van der Waals surface area (Å²) in [6.07, 6.45) is 2.18. The van der Waals surface area contributed by atoms with Gasteiger partial charge in [-0.2, -0.15) is 4.98 Å². The van der Waals surface area contributed by atoms with E-state index in [0.717, 1.165) is 24.2 Å². The Balaban J connectivity index is 1.66. The monoisotopic (exact) mass is 430 g/mol. The molecule has 0 saturated carbocycles. The normalized spacial score (nSPS) is 16.3. The van der Waals surface area contributed by atoms with Crippen LogP contribution in [0, 0.1) is 6.92 Å². The Morgan fingerprint density at radius 2 is 2.13 bits per heavy atom. The first-order valence-electron chi connectivity index (χ1n) is 10.4. The van der Waals surface area contributed by atoms with E-state index in [4.69, 9.17) is 14.0 Å². The van der Waals surface area contributed by atoms with Crippen LogP contribution in [0.25, 0.3) is 0 Å². The molecule has 168 valence electrons. The van der Waals surface area contributed by atoms with Crippen LogP contribution in [0.4, 0.5) is 0 Å². The molecule has 0 radical (unpaired) electrons. The first-order valence-corrected chi connectivity index (χ1v) is 10.4. The second kappa shape index (κ2) is 10.4. The number of benzene rings is 1. The van der Waals surface area contributed by atoms with Crippen LogP contribution in [-0.2, 0) is 22.6 Å². The first-order chi connectivity index (χ1) is 14.9. The molecule has 1 saturated heterocycles. The van der Waals surface area contributed by atoms with Crippen molar-refractivity contribution in [3.8, 4) is 5.75 Å². The van der Waals surface area contributed by atoms with E-state index in [9.17, 15) is 9.59 Å². The summed E-state index contributed by atoms with van der Waals surface area (Å²) in [6.45, 7) is 5.37. The molecule has 9 heteroatoms. The summed E-state index contributed by atoms with van der Waals surface area (Å²) in [7, 11) is 3.17. The van der Waals surface area contributed by atoms with Crippen molar-refractivity contribution in [2.45, 2.75) is 45.8 Å². The Labute approximate surface area is 182 Å². The lowest BCUT2D eigenvalue weighted by atomic mass is 10.0. The van der Waals surface area contributed by atoms with Crippen LogP contribution in [-0.4, -0.2) is 71.7 Å². The molecule has 2 amide bonds. The molecule has 1 atom stereocenters. The SMILES string of the molecule is COCc1nc(CCN(C(C)=O)C2CCCN(C(=O)c3ccc(OC)cc3C)C2)no1. The molecule has 3 rings (SSSR count). The molecule has 1 aromatic heterocycles. The highest BCUT2D eigenvalue weighted by Crippen LogP contribution is 2.22. The molecule has 1 aliphatic heterocycles. The van der Waals surface area contributed by atoms with Crippen LogP contribution in [0.3, 0.4) is 0 Å². The Morgan fingerprint density at radius 3 is 2.81 bits per heavy atom. The van der Waals surface area contributed by atoms with Gasteiger partial charge in [0, 0.05) is 51.7 Å². The third-order valence-corrected chi connectivity index (χ3v) is 5.55. The molecule has 1 unspecified atom stereocenters. The zero-order valence-electron chi connectivity index (χ0n) is 18.6. The van der Waals surface area contributed by atoms with E-state index in [0.29, 0.717) is 43.3 Å². The van der Waals surface area contributed by atoms with Crippen molar-refractivity contribution < 1.29 is 23.6 Å². The van der Waals surface area contributed by atoms with Gasteiger partial charge in [-0.15, -0.1) is 0 Å². The molecular formula is C22H30N4O5. The van der Waals surface area contributed by atoms with Gasteiger partial charge >= 0.3 is 0 Å². The Bertz CT molecular complexity index is 913. The maximum atomic E-state index is 13.1. The summed E-state index contributed by atoms with van der Waals surface area (Å²) in [5.41, 5.74) is 1.53. The summed E-state index contributed by atoms with van der Waals surface area (Å²) >= 11 is 0. The van der Waals surface area contributed by atoms with Crippen LogP contribution in [0.1, 0.15) is 47.4 Å². The summed E-state index contributed by atoms with van der Waals surface area (Å²) in [5.74, 6) is 1.63. The van der Waals surface area contributed by atoms with Gasteiger partial charge in [-0.3, -0.25) is 9.59 Å². The molecule has 1 fully saturated rings. The topological polar surface area (TPSA) is 98.0 Å². The highest BCUT2D eigenvalue weighted by molar-refractivity contribution is 5.96. The molecule has 1 aromatic carbocycles. The summed E-state index contributed by atoms with van der Waals surface area (Å²) in [5, 5.41) is 3.94. The van der Waals surface area contributed by atoms with Gasteiger partial charge in [0.2, 0.25) is 5.91 Å². The van der Waals surface area contributed by atoms with Crippen LogP contribution >= 0.6 is 0 Å². The minimum atomic E-state index is -0.0425. The zero-order valence-corrected chi connectivity index (χ0v) is 18.6. The van der Waals surface area contributed by atoms with Gasteiger partial charge < -0.3 is 23.8 Å². The molecule has 2 heterocycles. The molecule has 31 heavy (non-hydrogen) atoms. The highest BCUT2D eigenvalue weighted by Gasteiger charge is 2.30. The quantitative estimate of drug-likeness (QED) is 0.633. The largest absolute Gasteiger partial charge is 0.497 e. The lowest BCUT2D eigenvalue weighted by Gasteiger charge is -2.39. The van der Waals surface area contributed by atoms with E-state index in [1.807, 2.05) is 22.8 Å². The van der Waals surface area contributed by atoms with Crippen molar-refractivity contribution in [2.24, 2.45) is 0 Å². The van der Waals surface area contributed by atoms with Gasteiger partial charge in [0.1, 0.15) is 12.4 Å². The number of aryl methyl sites for hydroxylation is 1. The number of amides is 2. The second-order valence-electron chi connectivity index (χ2n) is 7.73. The predicted octanol–water partition coefficient (Wildman–Crippen LogP) is 2.23. The summed E-state index contributed by atoms with van der Waals surface area (Å²) in [6, 6.07) is 5.42. The molecule has 9 nitrogen and oxygen atoms in total. The number of ether oxygens (including phenoxy) is 2. The number of piperidine rings is 1. The molecule has 2 aromatic rings. The van der Waals surface area contributed by atoms with Crippen molar-refractivity contribution in [2.75, 3.05) is 33.9 Å². The summed E-state index contributed by atoms with van der Waals surface area (Å²) < 4.78 is 15.3. The lowest BCUT2D eigenvalue weighted by Crippen LogP contribution is -2.51. The number of nitrogens with zero attached hydrogens (tertiary/aromatic N) is 4. The maximum absolute atomic E-state index is 13.1. The number of carbonyl (C=O) groups is 2. The third kappa shape index (κ3) is 5.61. The van der Waals surface area contributed by atoms with Crippen molar-refractivity contribution in [1.82, 2.24) is 19.9 Å². The van der Waals surface area contributed by atoms with E-state index < -0.39 is 0 Å². The number of hydrogen-bond donors (Lipinski definition) is 0. The number of methoxy groups -OCH3 is 2. The Kier molecular flexibility index (Phi) is 7.62. The van der Waals surface area contributed by atoms with Crippen LogP contribution in [0.15, 0.2) is 22.7 Å². The van der Waals surface area contributed by atoms with Crippen molar-refractivity contribution in [3.05, 3.63) is 41.0 Å². The zero-order chi connectivity index (χ0) is 22.4. The number of likely N-dealkylation sites (tertiary alicyclic amines) is 1. The van der Waals surface area contributed by atoms with Gasteiger partial charge in [0.15, 0.2) is 5.82 Å². The smallest absolute Gasteiger partial charge is 0.254 e. The highest BCUT2D eigenvalue weighted by atomic mass is 16.5.